The average molecular weight is 296 g/mol. The maximum absolute atomic E-state index is 11.2. The van der Waals surface area contributed by atoms with Crippen molar-refractivity contribution >= 4 is 11.9 Å². The summed E-state index contributed by atoms with van der Waals surface area (Å²) in [6.07, 6.45) is -0.240. The zero-order valence-electron chi connectivity index (χ0n) is 11.9. The Balaban J connectivity index is 3.29. The van der Waals surface area contributed by atoms with Crippen molar-refractivity contribution in [2.75, 3.05) is 13.2 Å². The first kappa shape index (κ1) is 17.0. The van der Waals surface area contributed by atoms with Gasteiger partial charge in [0.05, 0.1) is 19.4 Å². The molecule has 0 aromatic heterocycles. The molecule has 1 aromatic carbocycles. The number of aliphatic hydroxyl groups excluding tert-OH is 1. The summed E-state index contributed by atoms with van der Waals surface area (Å²) < 4.78 is 5.42. The Morgan fingerprint density at radius 2 is 1.71 bits per heavy atom. The summed E-state index contributed by atoms with van der Waals surface area (Å²) in [5, 5.41) is 27.2. The highest BCUT2D eigenvalue weighted by Gasteiger charge is 2.37. The fourth-order valence-corrected chi connectivity index (χ4v) is 2.46. The summed E-state index contributed by atoms with van der Waals surface area (Å²) in [5.74, 6) is -1.71. The smallest absolute Gasteiger partial charge is 0.304 e. The van der Waals surface area contributed by atoms with E-state index in [4.69, 9.17) is 20.1 Å². The van der Waals surface area contributed by atoms with Gasteiger partial charge < -0.3 is 20.1 Å². The average Bonchev–Trinajstić information content (AvgIpc) is 2.43. The van der Waals surface area contributed by atoms with Gasteiger partial charge in [-0.25, -0.2) is 0 Å². The molecule has 116 valence electrons. The Morgan fingerprint density at radius 3 is 2.19 bits per heavy atom. The molecule has 0 aliphatic rings. The Morgan fingerprint density at radius 1 is 1.14 bits per heavy atom. The van der Waals surface area contributed by atoms with Crippen LogP contribution in [0.25, 0.3) is 0 Å². The number of rotatable bonds is 9. The molecule has 0 aliphatic heterocycles. The number of aliphatic carboxylic acids is 2. The maximum atomic E-state index is 11.2. The van der Waals surface area contributed by atoms with E-state index in [2.05, 4.69) is 0 Å². The molecule has 0 unspecified atom stereocenters. The van der Waals surface area contributed by atoms with Crippen molar-refractivity contribution in [1.29, 1.82) is 0 Å². The highest BCUT2D eigenvalue weighted by atomic mass is 16.5. The number of carboxylic acid groups (broad SMARTS) is 2. The molecule has 6 heteroatoms. The molecule has 0 bridgehead atoms. The van der Waals surface area contributed by atoms with E-state index < -0.39 is 17.4 Å². The molecule has 6 nitrogen and oxygen atoms in total. The summed E-state index contributed by atoms with van der Waals surface area (Å²) in [4.78, 5) is 22.4. The number of benzene rings is 1. The summed E-state index contributed by atoms with van der Waals surface area (Å²) in [6.45, 7) is 1.65. The van der Waals surface area contributed by atoms with E-state index in [1.807, 2.05) is 0 Å². The van der Waals surface area contributed by atoms with E-state index in [0.717, 1.165) is 0 Å². The Labute approximate surface area is 123 Å². The molecule has 0 spiro atoms. The zero-order chi connectivity index (χ0) is 15.9. The Bertz CT molecular complexity index is 481. The minimum atomic E-state index is -1.06. The van der Waals surface area contributed by atoms with Crippen LogP contribution in [0.4, 0.5) is 0 Å². The fraction of sp³-hybridized carbons (Fsp3) is 0.467. The van der Waals surface area contributed by atoms with Gasteiger partial charge in [-0.15, -0.1) is 0 Å². The van der Waals surface area contributed by atoms with Crippen molar-refractivity contribution in [3.63, 3.8) is 0 Å². The molecule has 3 N–H and O–H groups in total. The van der Waals surface area contributed by atoms with E-state index in [1.165, 1.54) is 0 Å². The molecular weight excluding hydrogens is 276 g/mol. The van der Waals surface area contributed by atoms with Crippen LogP contribution in [0.1, 0.15) is 31.7 Å². The fourth-order valence-electron chi connectivity index (χ4n) is 2.46. The minimum Gasteiger partial charge on any atom is -0.491 e. The molecule has 1 rings (SSSR count). The predicted octanol–water partition coefficient (Wildman–Crippen LogP) is 1.65. The highest BCUT2D eigenvalue weighted by molar-refractivity contribution is 5.74. The zero-order valence-corrected chi connectivity index (χ0v) is 11.9. The van der Waals surface area contributed by atoms with E-state index in [9.17, 15) is 9.59 Å². The maximum Gasteiger partial charge on any atom is 0.304 e. The predicted molar refractivity (Wildman–Crippen MR) is 75.5 cm³/mol. The number of carboxylic acids is 2. The van der Waals surface area contributed by atoms with Crippen molar-refractivity contribution in [1.82, 2.24) is 0 Å². The molecule has 0 atom stereocenters. The second-order valence-corrected chi connectivity index (χ2v) is 4.84. The lowest BCUT2D eigenvalue weighted by molar-refractivity contribution is -0.141. The summed E-state index contributed by atoms with van der Waals surface area (Å²) in [7, 11) is 0. The number of para-hydroxylation sites is 1. The van der Waals surface area contributed by atoms with Gasteiger partial charge in [0.1, 0.15) is 12.4 Å². The van der Waals surface area contributed by atoms with E-state index in [1.54, 1.807) is 31.2 Å². The van der Waals surface area contributed by atoms with Crippen molar-refractivity contribution in [2.45, 2.75) is 31.6 Å². The van der Waals surface area contributed by atoms with Crippen LogP contribution < -0.4 is 4.74 Å². The number of hydrogen-bond donors (Lipinski definition) is 3. The van der Waals surface area contributed by atoms with Crippen molar-refractivity contribution < 1.29 is 29.6 Å². The monoisotopic (exact) mass is 296 g/mol. The number of hydrogen-bond acceptors (Lipinski definition) is 4. The van der Waals surface area contributed by atoms with Crippen LogP contribution in [0, 0.1) is 0 Å². The molecule has 0 aliphatic carbocycles. The lowest BCUT2D eigenvalue weighted by Crippen LogP contribution is -2.32. The lowest BCUT2D eigenvalue weighted by Gasteiger charge is -2.32. The van der Waals surface area contributed by atoms with Gasteiger partial charge in [0.15, 0.2) is 0 Å². The van der Waals surface area contributed by atoms with Gasteiger partial charge in [-0.1, -0.05) is 25.1 Å². The van der Waals surface area contributed by atoms with Crippen LogP contribution in [0.5, 0.6) is 5.75 Å². The number of carbonyl (C=O) groups is 2. The van der Waals surface area contributed by atoms with Gasteiger partial charge >= 0.3 is 11.9 Å². The highest BCUT2D eigenvalue weighted by Crippen LogP contribution is 2.40. The summed E-state index contributed by atoms with van der Waals surface area (Å²) in [6, 6.07) is 6.77. The molecule has 0 saturated heterocycles. The first-order chi connectivity index (χ1) is 9.95. The van der Waals surface area contributed by atoms with Crippen LogP contribution in [0.2, 0.25) is 0 Å². The molecule has 1 aromatic rings. The van der Waals surface area contributed by atoms with Crippen molar-refractivity contribution in [3.05, 3.63) is 29.8 Å². The normalized spacial score (nSPS) is 11.1. The van der Waals surface area contributed by atoms with E-state index in [0.29, 0.717) is 17.7 Å². The second-order valence-electron chi connectivity index (χ2n) is 4.84. The largest absolute Gasteiger partial charge is 0.491 e. The van der Waals surface area contributed by atoms with Gasteiger partial charge in [-0.05, 0) is 12.5 Å². The number of aliphatic hydroxyl groups is 1. The molecule has 21 heavy (non-hydrogen) atoms. The van der Waals surface area contributed by atoms with Crippen LogP contribution in [-0.4, -0.2) is 40.5 Å². The van der Waals surface area contributed by atoms with Gasteiger partial charge in [0, 0.05) is 11.0 Å². The van der Waals surface area contributed by atoms with E-state index in [-0.39, 0.29) is 26.1 Å². The third-order valence-electron chi connectivity index (χ3n) is 3.46. The minimum absolute atomic E-state index is 0.0664. The van der Waals surface area contributed by atoms with Crippen molar-refractivity contribution in [2.24, 2.45) is 0 Å². The van der Waals surface area contributed by atoms with Crippen LogP contribution in [0.15, 0.2) is 24.3 Å². The van der Waals surface area contributed by atoms with Crippen LogP contribution >= 0.6 is 0 Å². The second kappa shape index (κ2) is 7.64. The van der Waals surface area contributed by atoms with Gasteiger partial charge in [-0.3, -0.25) is 9.59 Å². The summed E-state index contributed by atoms with van der Waals surface area (Å²) >= 11 is 0. The molecule has 0 heterocycles. The topological polar surface area (TPSA) is 104 Å². The van der Waals surface area contributed by atoms with Crippen LogP contribution in [0.3, 0.4) is 0 Å². The van der Waals surface area contributed by atoms with Crippen LogP contribution in [-0.2, 0) is 15.0 Å². The third-order valence-corrected chi connectivity index (χ3v) is 3.46. The first-order valence-electron chi connectivity index (χ1n) is 6.72. The van der Waals surface area contributed by atoms with E-state index >= 15 is 0 Å². The first-order valence-corrected chi connectivity index (χ1v) is 6.72. The molecular formula is C15H20O6. The van der Waals surface area contributed by atoms with Gasteiger partial charge in [-0.2, -0.15) is 0 Å². The number of ether oxygens (including phenoxy) is 1. The Hall–Kier alpha value is -2.08. The van der Waals surface area contributed by atoms with Gasteiger partial charge in [0.25, 0.3) is 0 Å². The lowest BCUT2D eigenvalue weighted by atomic mass is 9.72. The molecule has 0 amide bonds. The van der Waals surface area contributed by atoms with Gasteiger partial charge in [0.2, 0.25) is 0 Å². The molecule has 0 fully saturated rings. The molecule has 0 saturated carbocycles. The SMILES string of the molecule is CCC(CC(=O)O)(CC(=O)O)c1ccccc1OCCO. The standard InChI is InChI=1S/C15H20O6/c1-2-15(9-13(17)18,10-14(19)20)11-5-3-4-6-12(11)21-8-7-16/h3-6,16H,2,7-10H2,1H3,(H,17,18)(H,19,20). The molecule has 0 radical (unpaired) electrons. The van der Waals surface area contributed by atoms with Crippen molar-refractivity contribution in [3.8, 4) is 5.75 Å². The third kappa shape index (κ3) is 4.46. The Kier molecular flexibility index (Phi) is 6.17. The summed E-state index contributed by atoms with van der Waals surface area (Å²) in [5.41, 5.74) is -0.491. The quantitative estimate of drug-likeness (QED) is 0.640.